The highest BCUT2D eigenvalue weighted by atomic mass is 16.4. The number of aliphatic carboxylic acids is 1. The number of amides is 1. The lowest BCUT2D eigenvalue weighted by Gasteiger charge is -2.29. The molecule has 0 rings (SSSR count). The van der Waals surface area contributed by atoms with Crippen molar-refractivity contribution in [1.29, 1.82) is 0 Å². The zero-order valence-electron chi connectivity index (χ0n) is 12.2. The molecule has 4 nitrogen and oxygen atoms in total. The summed E-state index contributed by atoms with van der Waals surface area (Å²) in [5.74, 6) is -0.885. The van der Waals surface area contributed by atoms with E-state index in [4.69, 9.17) is 0 Å². The first-order valence-electron chi connectivity index (χ1n) is 6.98. The standard InChI is InChI=1S/C14H27NO3/c1-5-9-10-15(8-4)12(16)11-14(6-2,7-3)13(17)18/h5-11H2,1-4H3,(H,17,18). The molecule has 0 bridgehead atoms. The van der Waals surface area contributed by atoms with Crippen molar-refractivity contribution >= 4 is 11.9 Å². The van der Waals surface area contributed by atoms with Crippen molar-refractivity contribution in [2.24, 2.45) is 5.41 Å². The number of nitrogens with zero attached hydrogens (tertiary/aromatic N) is 1. The highest BCUT2D eigenvalue weighted by molar-refractivity contribution is 5.85. The summed E-state index contributed by atoms with van der Waals surface area (Å²) in [6, 6.07) is 0. The van der Waals surface area contributed by atoms with E-state index in [1.54, 1.807) is 4.90 Å². The van der Waals surface area contributed by atoms with Gasteiger partial charge in [-0.05, 0) is 26.2 Å². The molecule has 1 amide bonds. The minimum absolute atomic E-state index is 0.0305. The Morgan fingerprint density at radius 3 is 2.00 bits per heavy atom. The summed E-state index contributed by atoms with van der Waals surface area (Å²) in [5, 5.41) is 9.33. The molecule has 0 fully saturated rings. The second kappa shape index (κ2) is 8.11. The molecular formula is C14H27NO3. The number of hydrogen-bond acceptors (Lipinski definition) is 2. The zero-order chi connectivity index (χ0) is 14.2. The van der Waals surface area contributed by atoms with Crippen LogP contribution in [-0.2, 0) is 9.59 Å². The first-order valence-corrected chi connectivity index (χ1v) is 6.98. The van der Waals surface area contributed by atoms with Crippen LogP contribution < -0.4 is 0 Å². The highest BCUT2D eigenvalue weighted by Crippen LogP contribution is 2.31. The van der Waals surface area contributed by atoms with Crippen molar-refractivity contribution < 1.29 is 14.7 Å². The molecule has 4 heteroatoms. The molecule has 0 aliphatic carbocycles. The third kappa shape index (κ3) is 4.31. The number of carboxylic acids is 1. The third-order valence-electron chi connectivity index (χ3n) is 3.81. The summed E-state index contributed by atoms with van der Waals surface area (Å²) >= 11 is 0. The van der Waals surface area contributed by atoms with E-state index in [-0.39, 0.29) is 12.3 Å². The maximum atomic E-state index is 12.2. The lowest BCUT2D eigenvalue weighted by Crippen LogP contribution is -2.39. The van der Waals surface area contributed by atoms with Crippen LogP contribution in [-0.4, -0.2) is 35.0 Å². The minimum Gasteiger partial charge on any atom is -0.481 e. The smallest absolute Gasteiger partial charge is 0.310 e. The number of carbonyl (C=O) groups excluding carboxylic acids is 1. The van der Waals surface area contributed by atoms with Crippen LogP contribution in [0, 0.1) is 5.41 Å². The van der Waals surface area contributed by atoms with Gasteiger partial charge in [-0.25, -0.2) is 0 Å². The van der Waals surface area contributed by atoms with Gasteiger partial charge in [0.15, 0.2) is 0 Å². The second-order valence-electron chi connectivity index (χ2n) is 4.80. The Hall–Kier alpha value is -1.06. The van der Waals surface area contributed by atoms with Crippen molar-refractivity contribution in [2.45, 2.75) is 59.8 Å². The van der Waals surface area contributed by atoms with Gasteiger partial charge in [-0.1, -0.05) is 27.2 Å². The fourth-order valence-electron chi connectivity index (χ4n) is 2.09. The Morgan fingerprint density at radius 2 is 1.67 bits per heavy atom. The first kappa shape index (κ1) is 16.9. The molecule has 18 heavy (non-hydrogen) atoms. The van der Waals surface area contributed by atoms with Crippen LogP contribution in [0.5, 0.6) is 0 Å². The van der Waals surface area contributed by atoms with Crippen molar-refractivity contribution in [3.8, 4) is 0 Å². The molecule has 0 atom stereocenters. The molecule has 1 N–H and O–H groups in total. The molecule has 0 aromatic carbocycles. The average Bonchev–Trinajstić information content (AvgIpc) is 2.36. The fourth-order valence-corrected chi connectivity index (χ4v) is 2.09. The van der Waals surface area contributed by atoms with E-state index in [2.05, 4.69) is 6.92 Å². The number of carbonyl (C=O) groups is 2. The van der Waals surface area contributed by atoms with Gasteiger partial charge in [0.25, 0.3) is 0 Å². The molecule has 0 aromatic heterocycles. The number of unbranched alkanes of at least 4 members (excludes halogenated alkanes) is 1. The summed E-state index contributed by atoms with van der Waals surface area (Å²) < 4.78 is 0. The Labute approximate surface area is 110 Å². The van der Waals surface area contributed by atoms with Crippen LogP contribution in [0.15, 0.2) is 0 Å². The molecular weight excluding hydrogens is 230 g/mol. The van der Waals surface area contributed by atoms with Gasteiger partial charge >= 0.3 is 5.97 Å². The summed E-state index contributed by atoms with van der Waals surface area (Å²) in [4.78, 5) is 25.3. The molecule has 0 aliphatic rings. The van der Waals surface area contributed by atoms with Gasteiger partial charge in [0, 0.05) is 19.5 Å². The molecule has 106 valence electrons. The Bertz CT molecular complexity index is 272. The van der Waals surface area contributed by atoms with Crippen molar-refractivity contribution in [3.05, 3.63) is 0 Å². The van der Waals surface area contributed by atoms with Gasteiger partial charge in [-0.2, -0.15) is 0 Å². The lowest BCUT2D eigenvalue weighted by atomic mass is 9.79. The molecule has 0 aliphatic heterocycles. The van der Waals surface area contributed by atoms with Crippen LogP contribution in [0.2, 0.25) is 0 Å². The number of rotatable bonds is 9. The average molecular weight is 257 g/mol. The van der Waals surface area contributed by atoms with E-state index in [0.29, 0.717) is 19.4 Å². The summed E-state index contributed by atoms with van der Waals surface area (Å²) in [6.07, 6.45) is 3.12. The molecule has 0 radical (unpaired) electrons. The fraction of sp³-hybridized carbons (Fsp3) is 0.857. The van der Waals surface area contributed by atoms with E-state index in [1.165, 1.54) is 0 Å². The van der Waals surface area contributed by atoms with E-state index in [9.17, 15) is 14.7 Å². The predicted molar refractivity (Wildman–Crippen MR) is 72.4 cm³/mol. The Morgan fingerprint density at radius 1 is 1.11 bits per heavy atom. The molecule has 0 spiro atoms. The summed E-state index contributed by atoms with van der Waals surface area (Å²) in [6.45, 7) is 9.09. The van der Waals surface area contributed by atoms with Crippen LogP contribution in [0.1, 0.15) is 59.8 Å². The van der Waals surface area contributed by atoms with Crippen molar-refractivity contribution in [1.82, 2.24) is 4.90 Å². The second-order valence-corrected chi connectivity index (χ2v) is 4.80. The Balaban J connectivity index is 4.71. The monoisotopic (exact) mass is 257 g/mol. The lowest BCUT2D eigenvalue weighted by molar-refractivity contribution is -0.154. The maximum absolute atomic E-state index is 12.2. The third-order valence-corrected chi connectivity index (χ3v) is 3.81. The van der Waals surface area contributed by atoms with E-state index < -0.39 is 11.4 Å². The largest absolute Gasteiger partial charge is 0.481 e. The number of hydrogen-bond donors (Lipinski definition) is 1. The van der Waals surface area contributed by atoms with Gasteiger partial charge in [0.05, 0.1) is 5.41 Å². The van der Waals surface area contributed by atoms with Gasteiger partial charge in [0.1, 0.15) is 0 Å². The molecule has 0 saturated heterocycles. The molecule has 0 aromatic rings. The molecule has 0 saturated carbocycles. The van der Waals surface area contributed by atoms with Crippen LogP contribution in [0.25, 0.3) is 0 Å². The van der Waals surface area contributed by atoms with Gasteiger partial charge < -0.3 is 10.0 Å². The quantitative estimate of drug-likeness (QED) is 0.691. The van der Waals surface area contributed by atoms with Gasteiger partial charge in [0.2, 0.25) is 5.91 Å². The van der Waals surface area contributed by atoms with Crippen molar-refractivity contribution in [2.75, 3.05) is 13.1 Å². The van der Waals surface area contributed by atoms with Crippen LogP contribution in [0.4, 0.5) is 0 Å². The first-order chi connectivity index (χ1) is 8.47. The van der Waals surface area contributed by atoms with E-state index in [1.807, 2.05) is 20.8 Å². The maximum Gasteiger partial charge on any atom is 0.310 e. The zero-order valence-corrected chi connectivity index (χ0v) is 12.2. The minimum atomic E-state index is -0.892. The van der Waals surface area contributed by atoms with E-state index >= 15 is 0 Å². The summed E-state index contributed by atoms with van der Waals surface area (Å²) in [7, 11) is 0. The van der Waals surface area contributed by atoms with Gasteiger partial charge in [-0.3, -0.25) is 9.59 Å². The SMILES string of the molecule is CCCCN(CC)C(=O)CC(CC)(CC)C(=O)O. The van der Waals surface area contributed by atoms with Crippen molar-refractivity contribution in [3.63, 3.8) is 0 Å². The topological polar surface area (TPSA) is 57.6 Å². The van der Waals surface area contributed by atoms with Crippen LogP contribution >= 0.6 is 0 Å². The predicted octanol–water partition coefficient (Wildman–Crippen LogP) is 2.92. The normalized spacial score (nSPS) is 11.3. The number of carboxylic acid groups (broad SMARTS) is 1. The molecule has 0 heterocycles. The Kier molecular flexibility index (Phi) is 7.64. The molecule has 0 unspecified atom stereocenters. The summed E-state index contributed by atoms with van der Waals surface area (Å²) in [5.41, 5.74) is -0.892. The van der Waals surface area contributed by atoms with Crippen LogP contribution in [0.3, 0.4) is 0 Å². The highest BCUT2D eigenvalue weighted by Gasteiger charge is 2.38. The van der Waals surface area contributed by atoms with Gasteiger partial charge in [-0.15, -0.1) is 0 Å². The van der Waals surface area contributed by atoms with E-state index in [0.717, 1.165) is 19.4 Å².